The van der Waals surface area contributed by atoms with Gasteiger partial charge in [-0.3, -0.25) is 4.79 Å². The van der Waals surface area contributed by atoms with Crippen molar-refractivity contribution in [2.75, 3.05) is 7.11 Å². The Morgan fingerprint density at radius 3 is 2.68 bits per heavy atom. The van der Waals surface area contributed by atoms with E-state index in [1.165, 1.54) is 4.68 Å². The van der Waals surface area contributed by atoms with Crippen LogP contribution in [0.3, 0.4) is 0 Å². The molecule has 0 aliphatic rings. The molecule has 0 N–H and O–H groups in total. The van der Waals surface area contributed by atoms with Crippen LogP contribution in [0, 0.1) is 0 Å². The van der Waals surface area contributed by atoms with E-state index in [-0.39, 0.29) is 18.0 Å². The molecule has 0 aliphatic carbocycles. The lowest BCUT2D eigenvalue weighted by Crippen LogP contribution is -2.20. The topological polar surface area (TPSA) is 78.9 Å². The van der Waals surface area contributed by atoms with Gasteiger partial charge in [-0.15, -0.1) is 6.58 Å². The summed E-state index contributed by atoms with van der Waals surface area (Å²) in [5.41, 5.74) is 3.23. The number of para-hydroxylation sites is 1. The van der Waals surface area contributed by atoms with Crippen molar-refractivity contribution in [1.29, 1.82) is 0 Å². The van der Waals surface area contributed by atoms with Crippen molar-refractivity contribution in [2.45, 2.75) is 13.0 Å². The van der Waals surface area contributed by atoms with Gasteiger partial charge in [0.05, 0.1) is 34.3 Å². The number of methoxy groups -OCH3 is 1. The van der Waals surface area contributed by atoms with Crippen molar-refractivity contribution in [3.63, 3.8) is 0 Å². The maximum absolute atomic E-state index is 13.7. The lowest BCUT2D eigenvalue weighted by atomic mass is 10.1. The largest absolute Gasteiger partial charge is 0.493 e. The van der Waals surface area contributed by atoms with Gasteiger partial charge in [-0.1, -0.05) is 63.4 Å². The molecule has 0 bridgehead atoms. The zero-order valence-electron chi connectivity index (χ0n) is 23.4. The zero-order valence-corrected chi connectivity index (χ0v) is 26.5. The Balaban J connectivity index is 1.41. The second-order valence-electron chi connectivity index (χ2n) is 9.85. The van der Waals surface area contributed by atoms with Crippen molar-refractivity contribution in [1.82, 2.24) is 9.66 Å². The summed E-state index contributed by atoms with van der Waals surface area (Å²) in [6.45, 7) is 4.15. The van der Waals surface area contributed by atoms with Crippen LogP contribution in [-0.2, 0) is 13.0 Å². The number of furan rings is 1. The molecule has 220 valence electrons. The summed E-state index contributed by atoms with van der Waals surface area (Å²) < 4.78 is 20.2. The molecule has 0 unspecified atom stereocenters. The van der Waals surface area contributed by atoms with Gasteiger partial charge in [0.1, 0.15) is 12.2 Å². The summed E-state index contributed by atoms with van der Waals surface area (Å²) in [4.78, 5) is 18.5. The number of rotatable bonds is 9. The molecule has 2 heterocycles. The van der Waals surface area contributed by atoms with E-state index in [1.54, 1.807) is 55.8 Å². The maximum Gasteiger partial charge on any atom is 0.282 e. The predicted octanol–water partition coefficient (Wildman–Crippen LogP) is 9.08. The Bertz CT molecular complexity index is 2140. The van der Waals surface area contributed by atoms with Crippen LogP contribution in [0.5, 0.6) is 11.5 Å². The molecule has 0 atom stereocenters. The first kappa shape index (κ1) is 29.7. The smallest absolute Gasteiger partial charge is 0.282 e. The molecule has 0 spiro atoms. The standard InChI is InChI=1S/C34H24BrCl2N3O4/c1-3-6-22-13-21(15-30(42-2)32(22)43-19-20-9-11-26(36)27(37)14-20)18-38-40-33(39-28-8-5-4-7-25(28)34(40)41)31-17-23-16-24(35)10-12-29(23)44-31/h3-5,7-18H,1,6,19H2,2H3. The number of nitrogens with zero attached hydrogens (tertiary/aromatic N) is 3. The van der Waals surface area contributed by atoms with E-state index in [0.717, 1.165) is 21.0 Å². The van der Waals surface area contributed by atoms with Crippen LogP contribution in [0.25, 0.3) is 33.5 Å². The molecule has 44 heavy (non-hydrogen) atoms. The van der Waals surface area contributed by atoms with Gasteiger partial charge >= 0.3 is 0 Å². The first-order valence-electron chi connectivity index (χ1n) is 13.5. The van der Waals surface area contributed by atoms with Gasteiger partial charge in [0, 0.05) is 15.4 Å². The Morgan fingerprint density at radius 1 is 1.05 bits per heavy atom. The SMILES string of the molecule is C=CCc1cc(C=Nn2c(-c3cc4cc(Br)ccc4o3)nc3ccccc3c2=O)cc(OC)c1OCc1ccc(Cl)c(Cl)c1. The summed E-state index contributed by atoms with van der Waals surface area (Å²) in [6.07, 6.45) is 3.86. The molecule has 0 saturated carbocycles. The molecular formula is C34H24BrCl2N3O4. The fraction of sp³-hybridized carbons (Fsp3) is 0.0882. The third-order valence-corrected chi connectivity index (χ3v) is 8.11. The van der Waals surface area contributed by atoms with E-state index >= 15 is 0 Å². The molecule has 0 saturated heterocycles. The second kappa shape index (κ2) is 12.7. The van der Waals surface area contributed by atoms with Crippen molar-refractivity contribution >= 4 is 67.2 Å². The molecule has 0 fully saturated rings. The van der Waals surface area contributed by atoms with Crippen molar-refractivity contribution < 1.29 is 13.9 Å². The average molecular weight is 689 g/mol. The van der Waals surface area contributed by atoms with Gasteiger partial charge in [-0.2, -0.15) is 9.78 Å². The van der Waals surface area contributed by atoms with E-state index in [4.69, 9.17) is 42.1 Å². The molecule has 0 amide bonds. The van der Waals surface area contributed by atoms with Crippen LogP contribution >= 0.6 is 39.1 Å². The minimum absolute atomic E-state index is 0.250. The highest BCUT2D eigenvalue weighted by molar-refractivity contribution is 9.10. The normalized spacial score (nSPS) is 11.5. The average Bonchev–Trinajstić information content (AvgIpc) is 3.44. The Kier molecular flexibility index (Phi) is 8.57. The quantitative estimate of drug-likeness (QED) is 0.112. The number of ether oxygens (including phenoxy) is 2. The summed E-state index contributed by atoms with van der Waals surface area (Å²) in [6, 6.07) is 23.7. The van der Waals surface area contributed by atoms with Gasteiger partial charge in [-0.25, -0.2) is 4.98 Å². The molecule has 2 aromatic heterocycles. The fourth-order valence-electron chi connectivity index (χ4n) is 4.80. The molecule has 6 rings (SSSR count). The molecule has 6 aromatic rings. The number of hydrogen-bond donors (Lipinski definition) is 0. The maximum atomic E-state index is 13.7. The number of benzene rings is 4. The summed E-state index contributed by atoms with van der Waals surface area (Å²) >= 11 is 15.7. The molecule has 7 nitrogen and oxygen atoms in total. The van der Waals surface area contributed by atoms with Gasteiger partial charge in [0.15, 0.2) is 17.3 Å². The van der Waals surface area contributed by atoms with Crippen LogP contribution < -0.4 is 15.0 Å². The van der Waals surface area contributed by atoms with Gasteiger partial charge in [0.25, 0.3) is 5.56 Å². The highest BCUT2D eigenvalue weighted by atomic mass is 79.9. The molecular weight excluding hydrogens is 665 g/mol. The highest BCUT2D eigenvalue weighted by Crippen LogP contribution is 2.35. The number of halogens is 3. The fourth-order valence-corrected chi connectivity index (χ4v) is 5.50. The van der Waals surface area contributed by atoms with E-state index in [2.05, 4.69) is 27.6 Å². The molecule has 10 heteroatoms. The van der Waals surface area contributed by atoms with E-state index in [0.29, 0.717) is 55.8 Å². The number of fused-ring (bicyclic) bond motifs is 2. The van der Waals surface area contributed by atoms with E-state index in [9.17, 15) is 4.79 Å². The van der Waals surface area contributed by atoms with Crippen molar-refractivity contribution in [2.24, 2.45) is 5.10 Å². The van der Waals surface area contributed by atoms with Crippen LogP contribution in [-0.4, -0.2) is 23.0 Å². The molecule has 0 radical (unpaired) electrons. The first-order chi connectivity index (χ1) is 21.3. The van der Waals surface area contributed by atoms with E-state index in [1.807, 2.05) is 42.5 Å². The predicted molar refractivity (Wildman–Crippen MR) is 180 cm³/mol. The Morgan fingerprint density at radius 2 is 1.89 bits per heavy atom. The molecule has 0 aliphatic heterocycles. The van der Waals surface area contributed by atoms with Gasteiger partial charge in [-0.05, 0) is 78.2 Å². The molecule has 4 aromatic carbocycles. The number of hydrogen-bond acceptors (Lipinski definition) is 6. The summed E-state index contributed by atoms with van der Waals surface area (Å²) in [5.74, 6) is 1.75. The third-order valence-electron chi connectivity index (χ3n) is 6.88. The summed E-state index contributed by atoms with van der Waals surface area (Å²) in [7, 11) is 1.57. The third kappa shape index (κ3) is 6.01. The van der Waals surface area contributed by atoms with Gasteiger partial charge in [0.2, 0.25) is 5.82 Å². The van der Waals surface area contributed by atoms with E-state index < -0.39 is 0 Å². The number of aromatic nitrogens is 2. The van der Waals surface area contributed by atoms with Crippen LogP contribution in [0.1, 0.15) is 16.7 Å². The highest BCUT2D eigenvalue weighted by Gasteiger charge is 2.18. The Hall–Kier alpha value is -4.37. The lowest BCUT2D eigenvalue weighted by Gasteiger charge is -2.16. The van der Waals surface area contributed by atoms with Crippen molar-refractivity contribution in [3.05, 3.63) is 133 Å². The first-order valence-corrected chi connectivity index (χ1v) is 15.0. The second-order valence-corrected chi connectivity index (χ2v) is 11.6. The lowest BCUT2D eigenvalue weighted by molar-refractivity contribution is 0.282. The van der Waals surface area contributed by atoms with Crippen LogP contribution in [0.2, 0.25) is 10.0 Å². The Labute approximate surface area is 271 Å². The van der Waals surface area contributed by atoms with Crippen molar-refractivity contribution in [3.8, 4) is 23.1 Å². The van der Waals surface area contributed by atoms with Crippen LogP contribution in [0.4, 0.5) is 0 Å². The number of allylic oxidation sites excluding steroid dienone is 1. The summed E-state index contributed by atoms with van der Waals surface area (Å²) in [5, 5.41) is 6.83. The van der Waals surface area contributed by atoms with Crippen LogP contribution in [0.15, 0.2) is 110 Å². The minimum Gasteiger partial charge on any atom is -0.493 e. The zero-order chi connectivity index (χ0) is 30.8. The monoisotopic (exact) mass is 687 g/mol. The van der Waals surface area contributed by atoms with Gasteiger partial charge < -0.3 is 13.9 Å². The minimum atomic E-state index is -0.330.